The Hall–Kier alpha value is -1.75. The van der Waals surface area contributed by atoms with Gasteiger partial charge in [0.25, 0.3) is 0 Å². The number of hydrogen-bond acceptors (Lipinski definition) is 4. The van der Waals surface area contributed by atoms with Crippen molar-refractivity contribution in [3.63, 3.8) is 0 Å². The number of methoxy groups -OCH3 is 2. The number of nitrogens with one attached hydrogen (secondary N) is 2. The average Bonchev–Trinajstić information content (AvgIpc) is 3.01. The molecule has 1 saturated heterocycles. The Balaban J connectivity index is 2.21. The van der Waals surface area contributed by atoms with Gasteiger partial charge in [-0.15, -0.1) is 0 Å². The highest BCUT2D eigenvalue weighted by Crippen LogP contribution is 2.36. The van der Waals surface area contributed by atoms with E-state index < -0.39 is 0 Å². The van der Waals surface area contributed by atoms with Crippen LogP contribution < -0.4 is 20.1 Å². The molecule has 1 aromatic rings. The molecule has 0 aliphatic carbocycles. The molecule has 1 aliphatic rings. The van der Waals surface area contributed by atoms with E-state index >= 15 is 0 Å². The second-order valence-electron chi connectivity index (χ2n) is 6.12. The molecule has 2 atom stereocenters. The molecule has 1 aliphatic heterocycles. The van der Waals surface area contributed by atoms with Gasteiger partial charge in [0.1, 0.15) is 11.5 Å². The summed E-state index contributed by atoms with van der Waals surface area (Å²) in [6.07, 6.45) is 0. The molecule has 0 radical (unpaired) electrons. The fourth-order valence-electron chi connectivity index (χ4n) is 2.85. The number of ether oxygens (including phenoxy) is 2. The second kappa shape index (κ2) is 7.49. The lowest BCUT2D eigenvalue weighted by Gasteiger charge is -2.21. The molecular formula is C17H26N2O3. The van der Waals surface area contributed by atoms with Crippen molar-refractivity contribution in [1.82, 2.24) is 10.6 Å². The Bertz CT molecular complexity index is 517. The van der Waals surface area contributed by atoms with Crippen LogP contribution in [0, 0.1) is 11.8 Å². The summed E-state index contributed by atoms with van der Waals surface area (Å²) in [5, 5.41) is 6.36. The molecule has 1 aromatic carbocycles. The predicted octanol–water partition coefficient (Wildman–Crippen LogP) is 1.78. The smallest absolute Gasteiger partial charge is 0.225 e. The van der Waals surface area contributed by atoms with E-state index in [9.17, 15) is 4.79 Å². The lowest BCUT2D eigenvalue weighted by atomic mass is 9.87. The molecule has 1 heterocycles. The summed E-state index contributed by atoms with van der Waals surface area (Å²) < 4.78 is 10.8. The van der Waals surface area contributed by atoms with Gasteiger partial charge in [0, 0.05) is 31.1 Å². The lowest BCUT2D eigenvalue weighted by molar-refractivity contribution is -0.124. The van der Waals surface area contributed by atoms with Crippen molar-refractivity contribution >= 4 is 5.91 Å². The van der Waals surface area contributed by atoms with Crippen LogP contribution in [0.25, 0.3) is 0 Å². The van der Waals surface area contributed by atoms with Crippen molar-refractivity contribution in [2.75, 3.05) is 33.9 Å². The van der Waals surface area contributed by atoms with Gasteiger partial charge < -0.3 is 20.1 Å². The topological polar surface area (TPSA) is 59.6 Å². The Morgan fingerprint density at radius 2 is 2.09 bits per heavy atom. The van der Waals surface area contributed by atoms with Gasteiger partial charge in [-0.1, -0.05) is 13.8 Å². The summed E-state index contributed by atoms with van der Waals surface area (Å²) >= 11 is 0. The molecule has 0 bridgehead atoms. The Labute approximate surface area is 132 Å². The maximum Gasteiger partial charge on any atom is 0.225 e. The number of carbonyl (C=O) groups is 1. The van der Waals surface area contributed by atoms with Crippen LogP contribution in [0.4, 0.5) is 0 Å². The molecule has 1 fully saturated rings. The third-order valence-corrected chi connectivity index (χ3v) is 4.07. The average molecular weight is 306 g/mol. The van der Waals surface area contributed by atoms with Crippen LogP contribution in [-0.2, 0) is 4.79 Å². The molecule has 5 heteroatoms. The summed E-state index contributed by atoms with van der Waals surface area (Å²) in [5.41, 5.74) is 1.02. The summed E-state index contributed by atoms with van der Waals surface area (Å²) in [6, 6.07) is 5.74. The number of rotatable bonds is 6. The van der Waals surface area contributed by atoms with Crippen molar-refractivity contribution in [2.45, 2.75) is 19.8 Å². The summed E-state index contributed by atoms with van der Waals surface area (Å²) in [7, 11) is 3.30. The minimum Gasteiger partial charge on any atom is -0.497 e. The van der Waals surface area contributed by atoms with E-state index in [-0.39, 0.29) is 17.7 Å². The standard InChI is InChI=1S/C17H26N2O3/c1-11(2)8-19-17(20)15-10-18-9-14(15)13-7-12(21-3)5-6-16(13)22-4/h5-7,11,14-15,18H,8-10H2,1-4H3,(H,19,20). The van der Waals surface area contributed by atoms with Crippen molar-refractivity contribution in [3.05, 3.63) is 23.8 Å². The highest BCUT2D eigenvalue weighted by atomic mass is 16.5. The van der Waals surface area contributed by atoms with Crippen LogP contribution >= 0.6 is 0 Å². The Morgan fingerprint density at radius 1 is 1.32 bits per heavy atom. The number of amides is 1. The number of carbonyl (C=O) groups excluding carboxylic acids is 1. The van der Waals surface area contributed by atoms with Crippen LogP contribution in [0.5, 0.6) is 11.5 Å². The van der Waals surface area contributed by atoms with Crippen LogP contribution in [0.2, 0.25) is 0 Å². The van der Waals surface area contributed by atoms with E-state index in [0.29, 0.717) is 19.0 Å². The van der Waals surface area contributed by atoms with Gasteiger partial charge in [0.2, 0.25) is 5.91 Å². The molecular weight excluding hydrogens is 280 g/mol. The monoisotopic (exact) mass is 306 g/mol. The van der Waals surface area contributed by atoms with Crippen molar-refractivity contribution in [3.8, 4) is 11.5 Å². The molecule has 0 saturated carbocycles. The number of benzene rings is 1. The maximum absolute atomic E-state index is 12.5. The van der Waals surface area contributed by atoms with Crippen LogP contribution in [0.1, 0.15) is 25.3 Å². The first-order valence-corrected chi connectivity index (χ1v) is 7.77. The van der Waals surface area contributed by atoms with Gasteiger partial charge >= 0.3 is 0 Å². The van der Waals surface area contributed by atoms with Gasteiger partial charge in [-0.05, 0) is 24.1 Å². The first-order valence-electron chi connectivity index (χ1n) is 7.77. The third kappa shape index (κ3) is 3.71. The zero-order valence-electron chi connectivity index (χ0n) is 13.8. The maximum atomic E-state index is 12.5. The zero-order chi connectivity index (χ0) is 16.1. The Kier molecular flexibility index (Phi) is 5.66. The minimum absolute atomic E-state index is 0.0836. The summed E-state index contributed by atoms with van der Waals surface area (Å²) in [5.74, 6) is 2.15. The van der Waals surface area contributed by atoms with Gasteiger partial charge in [0.05, 0.1) is 20.1 Å². The lowest BCUT2D eigenvalue weighted by Crippen LogP contribution is -2.36. The molecule has 5 nitrogen and oxygen atoms in total. The largest absolute Gasteiger partial charge is 0.497 e. The first-order chi connectivity index (χ1) is 10.6. The first kappa shape index (κ1) is 16.6. The van der Waals surface area contributed by atoms with E-state index in [4.69, 9.17) is 9.47 Å². The molecule has 22 heavy (non-hydrogen) atoms. The van der Waals surface area contributed by atoms with Gasteiger partial charge in [-0.25, -0.2) is 0 Å². The van der Waals surface area contributed by atoms with E-state index in [2.05, 4.69) is 24.5 Å². The Morgan fingerprint density at radius 3 is 2.73 bits per heavy atom. The van der Waals surface area contributed by atoms with Gasteiger partial charge in [-0.3, -0.25) is 4.79 Å². The molecule has 122 valence electrons. The second-order valence-corrected chi connectivity index (χ2v) is 6.12. The van der Waals surface area contributed by atoms with Crippen molar-refractivity contribution < 1.29 is 14.3 Å². The third-order valence-electron chi connectivity index (χ3n) is 4.07. The highest BCUT2D eigenvalue weighted by Gasteiger charge is 2.35. The minimum atomic E-state index is -0.0836. The molecule has 2 rings (SSSR count). The summed E-state index contributed by atoms with van der Waals surface area (Å²) in [6.45, 7) is 6.35. The van der Waals surface area contributed by atoms with Gasteiger partial charge in [-0.2, -0.15) is 0 Å². The molecule has 0 aromatic heterocycles. The normalized spacial score (nSPS) is 21.0. The molecule has 2 unspecified atom stereocenters. The fraction of sp³-hybridized carbons (Fsp3) is 0.588. The van der Waals surface area contributed by atoms with Gasteiger partial charge in [0.15, 0.2) is 0 Å². The molecule has 1 amide bonds. The summed E-state index contributed by atoms with van der Waals surface area (Å²) in [4.78, 5) is 12.5. The zero-order valence-corrected chi connectivity index (χ0v) is 13.8. The van der Waals surface area contributed by atoms with Crippen LogP contribution in [0.15, 0.2) is 18.2 Å². The van der Waals surface area contributed by atoms with Crippen LogP contribution in [-0.4, -0.2) is 39.8 Å². The quantitative estimate of drug-likeness (QED) is 0.841. The van der Waals surface area contributed by atoms with E-state index in [1.165, 1.54) is 0 Å². The number of hydrogen-bond donors (Lipinski definition) is 2. The molecule has 0 spiro atoms. The molecule has 2 N–H and O–H groups in total. The highest BCUT2D eigenvalue weighted by molar-refractivity contribution is 5.80. The SMILES string of the molecule is COc1ccc(OC)c(C2CNCC2C(=O)NCC(C)C)c1. The fourth-order valence-corrected chi connectivity index (χ4v) is 2.85. The van der Waals surface area contributed by atoms with Crippen LogP contribution in [0.3, 0.4) is 0 Å². The predicted molar refractivity (Wildman–Crippen MR) is 86.5 cm³/mol. The van der Waals surface area contributed by atoms with Crippen molar-refractivity contribution in [1.29, 1.82) is 0 Å². The van der Waals surface area contributed by atoms with E-state index in [0.717, 1.165) is 23.6 Å². The van der Waals surface area contributed by atoms with Crippen molar-refractivity contribution in [2.24, 2.45) is 11.8 Å². The van der Waals surface area contributed by atoms with E-state index in [1.54, 1.807) is 14.2 Å². The van der Waals surface area contributed by atoms with E-state index in [1.807, 2.05) is 18.2 Å².